The fourth-order valence-electron chi connectivity index (χ4n) is 1.54. The molecule has 2 amide bonds. The molecule has 14 heavy (non-hydrogen) atoms. The Balaban J connectivity index is 2.17. The second kappa shape index (κ2) is 5.75. The summed E-state index contributed by atoms with van der Waals surface area (Å²) in [6.45, 7) is 3.01. The molecule has 0 aromatic heterocycles. The highest BCUT2D eigenvalue weighted by Crippen LogP contribution is 2.04. The number of amides is 2. The summed E-state index contributed by atoms with van der Waals surface area (Å²) in [6.07, 6.45) is 4.54. The molecule has 1 saturated heterocycles. The van der Waals surface area contributed by atoms with E-state index >= 15 is 0 Å². The van der Waals surface area contributed by atoms with Crippen LogP contribution in [0.2, 0.25) is 0 Å². The van der Waals surface area contributed by atoms with Gasteiger partial charge in [-0.05, 0) is 19.4 Å². The Morgan fingerprint density at radius 1 is 1.43 bits per heavy atom. The number of rotatable bonds is 5. The van der Waals surface area contributed by atoms with Gasteiger partial charge in [-0.1, -0.05) is 19.8 Å². The number of hydrogen-bond donors (Lipinski definition) is 2. The minimum absolute atomic E-state index is 0.151. The van der Waals surface area contributed by atoms with Gasteiger partial charge in [0.05, 0.1) is 6.04 Å². The summed E-state index contributed by atoms with van der Waals surface area (Å²) in [7, 11) is 0. The molecule has 4 nitrogen and oxygen atoms in total. The molecule has 0 bridgehead atoms. The number of unbranched alkanes of at least 4 members (excludes halogenated alkanes) is 2. The number of nitrogens with one attached hydrogen (secondary N) is 2. The average Bonchev–Trinajstić information content (AvgIpc) is 2.15. The summed E-state index contributed by atoms with van der Waals surface area (Å²) < 4.78 is 0. The van der Waals surface area contributed by atoms with Crippen LogP contribution >= 0.6 is 0 Å². The van der Waals surface area contributed by atoms with Crippen molar-refractivity contribution in [2.75, 3.05) is 6.54 Å². The van der Waals surface area contributed by atoms with Crippen molar-refractivity contribution in [3.8, 4) is 0 Å². The SMILES string of the molecule is CCCCCNC1CCC(=O)NC1=O. The highest BCUT2D eigenvalue weighted by atomic mass is 16.2. The lowest BCUT2D eigenvalue weighted by Crippen LogP contribution is -2.50. The molecule has 0 radical (unpaired) electrons. The molecule has 0 aromatic rings. The molecule has 4 heteroatoms. The zero-order chi connectivity index (χ0) is 10.4. The van der Waals surface area contributed by atoms with Crippen molar-refractivity contribution in [1.29, 1.82) is 0 Å². The van der Waals surface area contributed by atoms with Gasteiger partial charge in [-0.25, -0.2) is 0 Å². The van der Waals surface area contributed by atoms with Crippen molar-refractivity contribution >= 4 is 11.8 Å². The first-order valence-corrected chi connectivity index (χ1v) is 5.31. The summed E-state index contributed by atoms with van der Waals surface area (Å²) in [5, 5.41) is 5.49. The van der Waals surface area contributed by atoms with Gasteiger partial charge in [-0.15, -0.1) is 0 Å². The molecule has 0 aliphatic carbocycles. The highest BCUT2D eigenvalue weighted by Gasteiger charge is 2.25. The van der Waals surface area contributed by atoms with Crippen LogP contribution in [-0.2, 0) is 9.59 Å². The Hall–Kier alpha value is -0.900. The Bertz CT molecular complexity index is 216. The van der Waals surface area contributed by atoms with Crippen LogP contribution in [0.15, 0.2) is 0 Å². The van der Waals surface area contributed by atoms with E-state index in [0.717, 1.165) is 13.0 Å². The van der Waals surface area contributed by atoms with Gasteiger partial charge in [0.2, 0.25) is 11.8 Å². The van der Waals surface area contributed by atoms with Gasteiger partial charge < -0.3 is 5.32 Å². The van der Waals surface area contributed by atoms with Crippen molar-refractivity contribution in [2.45, 2.75) is 45.1 Å². The number of hydrogen-bond acceptors (Lipinski definition) is 3. The first-order chi connectivity index (χ1) is 6.74. The molecule has 1 unspecified atom stereocenters. The van der Waals surface area contributed by atoms with E-state index in [2.05, 4.69) is 17.6 Å². The lowest BCUT2D eigenvalue weighted by Gasteiger charge is -2.21. The summed E-state index contributed by atoms with van der Waals surface area (Å²) in [6, 6.07) is -0.162. The molecule has 1 rings (SSSR count). The molecular formula is C10H18N2O2. The predicted molar refractivity (Wildman–Crippen MR) is 53.7 cm³/mol. The van der Waals surface area contributed by atoms with Crippen molar-refractivity contribution in [3.63, 3.8) is 0 Å². The minimum Gasteiger partial charge on any atom is -0.306 e. The molecule has 80 valence electrons. The van der Waals surface area contributed by atoms with Crippen molar-refractivity contribution in [3.05, 3.63) is 0 Å². The molecular weight excluding hydrogens is 180 g/mol. The van der Waals surface area contributed by atoms with E-state index < -0.39 is 0 Å². The van der Waals surface area contributed by atoms with Gasteiger partial charge in [0.1, 0.15) is 0 Å². The maximum atomic E-state index is 11.3. The monoisotopic (exact) mass is 198 g/mol. The maximum absolute atomic E-state index is 11.3. The Morgan fingerprint density at radius 2 is 2.21 bits per heavy atom. The van der Waals surface area contributed by atoms with Gasteiger partial charge in [-0.3, -0.25) is 14.9 Å². The zero-order valence-corrected chi connectivity index (χ0v) is 8.64. The lowest BCUT2D eigenvalue weighted by molar-refractivity contribution is -0.134. The topological polar surface area (TPSA) is 58.2 Å². The third-order valence-corrected chi connectivity index (χ3v) is 2.41. The fourth-order valence-corrected chi connectivity index (χ4v) is 1.54. The fraction of sp³-hybridized carbons (Fsp3) is 0.800. The number of carbonyl (C=O) groups is 2. The summed E-state index contributed by atoms with van der Waals surface area (Å²) in [5.41, 5.74) is 0. The van der Waals surface area contributed by atoms with Gasteiger partial charge in [0, 0.05) is 6.42 Å². The first-order valence-electron chi connectivity index (χ1n) is 5.31. The van der Waals surface area contributed by atoms with E-state index in [1.54, 1.807) is 0 Å². The van der Waals surface area contributed by atoms with Crippen LogP contribution in [0.25, 0.3) is 0 Å². The number of carbonyl (C=O) groups excluding carboxylic acids is 2. The predicted octanol–water partition coefficient (Wildman–Crippen LogP) is 0.571. The van der Waals surface area contributed by atoms with Crippen LogP contribution in [0.1, 0.15) is 39.0 Å². The average molecular weight is 198 g/mol. The second-order valence-corrected chi connectivity index (χ2v) is 3.66. The van der Waals surface area contributed by atoms with Crippen LogP contribution in [0, 0.1) is 0 Å². The van der Waals surface area contributed by atoms with E-state index in [1.807, 2.05) is 0 Å². The molecule has 1 atom stereocenters. The quantitative estimate of drug-likeness (QED) is 0.501. The molecule has 0 spiro atoms. The number of imide groups is 1. The molecule has 1 heterocycles. The summed E-state index contributed by atoms with van der Waals surface area (Å²) in [5.74, 6) is -0.320. The molecule has 0 saturated carbocycles. The summed E-state index contributed by atoms with van der Waals surface area (Å²) in [4.78, 5) is 22.1. The molecule has 1 fully saturated rings. The zero-order valence-electron chi connectivity index (χ0n) is 8.64. The Morgan fingerprint density at radius 3 is 2.86 bits per heavy atom. The highest BCUT2D eigenvalue weighted by molar-refractivity contribution is 6.00. The third-order valence-electron chi connectivity index (χ3n) is 2.41. The second-order valence-electron chi connectivity index (χ2n) is 3.66. The van der Waals surface area contributed by atoms with Crippen molar-refractivity contribution in [2.24, 2.45) is 0 Å². The molecule has 2 N–H and O–H groups in total. The summed E-state index contributed by atoms with van der Waals surface area (Å²) >= 11 is 0. The van der Waals surface area contributed by atoms with Crippen molar-refractivity contribution < 1.29 is 9.59 Å². The standard InChI is InChI=1S/C10H18N2O2/c1-2-3-4-7-11-8-5-6-9(13)12-10(8)14/h8,11H,2-7H2,1H3,(H,12,13,14). The van der Waals surface area contributed by atoms with Crippen LogP contribution in [0.3, 0.4) is 0 Å². The van der Waals surface area contributed by atoms with E-state index in [0.29, 0.717) is 12.8 Å². The normalized spacial score (nSPS) is 22.2. The minimum atomic E-state index is -0.169. The lowest BCUT2D eigenvalue weighted by atomic mass is 10.1. The first kappa shape index (κ1) is 11.2. The Kier molecular flexibility index (Phi) is 4.59. The third kappa shape index (κ3) is 3.46. The smallest absolute Gasteiger partial charge is 0.243 e. The molecule has 0 aromatic carbocycles. The van der Waals surface area contributed by atoms with Crippen LogP contribution in [0.5, 0.6) is 0 Å². The van der Waals surface area contributed by atoms with E-state index in [1.165, 1.54) is 12.8 Å². The van der Waals surface area contributed by atoms with E-state index in [-0.39, 0.29) is 17.9 Å². The van der Waals surface area contributed by atoms with E-state index in [4.69, 9.17) is 0 Å². The van der Waals surface area contributed by atoms with Gasteiger partial charge in [0.15, 0.2) is 0 Å². The van der Waals surface area contributed by atoms with Gasteiger partial charge in [0.25, 0.3) is 0 Å². The van der Waals surface area contributed by atoms with Crippen LogP contribution in [-0.4, -0.2) is 24.4 Å². The Labute approximate surface area is 84.4 Å². The van der Waals surface area contributed by atoms with Gasteiger partial charge >= 0.3 is 0 Å². The van der Waals surface area contributed by atoms with E-state index in [9.17, 15) is 9.59 Å². The molecule has 1 aliphatic rings. The molecule has 1 aliphatic heterocycles. The largest absolute Gasteiger partial charge is 0.306 e. The van der Waals surface area contributed by atoms with Crippen molar-refractivity contribution in [1.82, 2.24) is 10.6 Å². The van der Waals surface area contributed by atoms with Crippen LogP contribution < -0.4 is 10.6 Å². The van der Waals surface area contributed by atoms with Crippen LogP contribution in [0.4, 0.5) is 0 Å². The maximum Gasteiger partial charge on any atom is 0.243 e. The van der Waals surface area contributed by atoms with Gasteiger partial charge in [-0.2, -0.15) is 0 Å². The number of piperidine rings is 1.